The number of hydrogen-bond donors (Lipinski definition) is 2. The van der Waals surface area contributed by atoms with E-state index in [0.717, 1.165) is 16.5 Å². The van der Waals surface area contributed by atoms with E-state index in [4.69, 9.17) is 9.84 Å². The Hall–Kier alpha value is -1.92. The third-order valence-electron chi connectivity index (χ3n) is 3.30. The van der Waals surface area contributed by atoms with Gasteiger partial charge in [-0.3, -0.25) is 4.79 Å². The van der Waals surface area contributed by atoms with Crippen LogP contribution in [0.2, 0.25) is 0 Å². The van der Waals surface area contributed by atoms with Gasteiger partial charge in [-0.15, -0.1) is 11.3 Å². The fraction of sp³-hybridized carbons (Fsp3) is 0.286. The Morgan fingerprint density at radius 3 is 2.90 bits per heavy atom. The van der Waals surface area contributed by atoms with Crippen molar-refractivity contribution in [2.24, 2.45) is 5.92 Å². The van der Waals surface area contributed by atoms with Crippen LogP contribution in [-0.2, 0) is 9.53 Å². The Morgan fingerprint density at radius 1 is 1.35 bits per heavy atom. The molecule has 0 spiro atoms. The number of hydrogen-bond acceptors (Lipinski definition) is 4. The maximum absolute atomic E-state index is 12.0. The number of carbonyl (C=O) groups is 2. The van der Waals surface area contributed by atoms with Crippen molar-refractivity contribution < 1.29 is 19.4 Å². The smallest absolute Gasteiger partial charge is 0.345 e. The number of amides is 1. The van der Waals surface area contributed by atoms with Crippen molar-refractivity contribution in [2.45, 2.75) is 6.42 Å². The van der Waals surface area contributed by atoms with E-state index in [1.165, 1.54) is 11.3 Å². The van der Waals surface area contributed by atoms with Gasteiger partial charge in [0.1, 0.15) is 4.88 Å². The summed E-state index contributed by atoms with van der Waals surface area (Å²) >= 11 is 1.23. The number of thiophene rings is 1. The van der Waals surface area contributed by atoms with Crippen LogP contribution in [0.15, 0.2) is 24.3 Å². The lowest BCUT2D eigenvalue weighted by Crippen LogP contribution is -2.22. The third-order valence-corrected chi connectivity index (χ3v) is 4.40. The normalized spacial score (nSPS) is 18.3. The van der Waals surface area contributed by atoms with Crippen LogP contribution < -0.4 is 5.32 Å². The number of aromatic carboxylic acids is 1. The highest BCUT2D eigenvalue weighted by Gasteiger charge is 2.23. The molecule has 6 heteroatoms. The second-order valence-corrected chi connectivity index (χ2v) is 5.80. The standard InChI is InChI=1S/C14H13NO4S/c16-13(8-3-4-19-7-8)15-10-1-2-11-9(5-10)6-12(20-11)14(17)18/h1-2,5-6,8H,3-4,7H2,(H,15,16)(H,17,18). The zero-order valence-corrected chi connectivity index (χ0v) is 11.4. The summed E-state index contributed by atoms with van der Waals surface area (Å²) < 4.78 is 6.08. The summed E-state index contributed by atoms with van der Waals surface area (Å²) in [4.78, 5) is 23.2. The molecule has 1 aromatic carbocycles. The Kier molecular flexibility index (Phi) is 3.42. The molecule has 20 heavy (non-hydrogen) atoms. The molecule has 1 atom stereocenters. The van der Waals surface area contributed by atoms with Crippen molar-refractivity contribution in [1.82, 2.24) is 0 Å². The number of carboxylic acid groups (broad SMARTS) is 1. The van der Waals surface area contributed by atoms with Gasteiger partial charge in [-0.25, -0.2) is 4.79 Å². The molecule has 2 aromatic rings. The summed E-state index contributed by atoms with van der Waals surface area (Å²) in [7, 11) is 0. The number of carboxylic acids is 1. The number of ether oxygens (including phenoxy) is 1. The average molecular weight is 291 g/mol. The van der Waals surface area contributed by atoms with E-state index in [1.807, 2.05) is 6.07 Å². The summed E-state index contributed by atoms with van der Waals surface area (Å²) in [5, 5.41) is 12.7. The number of anilines is 1. The quantitative estimate of drug-likeness (QED) is 0.911. The van der Waals surface area contributed by atoms with Crippen LogP contribution in [0.5, 0.6) is 0 Å². The molecule has 1 aliphatic heterocycles. The molecule has 0 bridgehead atoms. The maximum Gasteiger partial charge on any atom is 0.345 e. The number of benzene rings is 1. The summed E-state index contributed by atoms with van der Waals surface area (Å²) in [5.74, 6) is -1.07. The van der Waals surface area contributed by atoms with E-state index in [9.17, 15) is 9.59 Å². The Labute approximate surface area is 119 Å². The Morgan fingerprint density at radius 2 is 2.20 bits per heavy atom. The van der Waals surface area contributed by atoms with Gasteiger partial charge < -0.3 is 15.2 Å². The summed E-state index contributed by atoms with van der Waals surface area (Å²) in [6.45, 7) is 1.10. The molecule has 1 fully saturated rings. The van der Waals surface area contributed by atoms with Crippen LogP contribution in [0.25, 0.3) is 10.1 Å². The van der Waals surface area contributed by atoms with E-state index >= 15 is 0 Å². The first-order valence-corrected chi connectivity index (χ1v) is 7.10. The van der Waals surface area contributed by atoms with E-state index in [-0.39, 0.29) is 11.8 Å². The second kappa shape index (κ2) is 5.22. The van der Waals surface area contributed by atoms with Crippen LogP contribution in [0.3, 0.4) is 0 Å². The van der Waals surface area contributed by atoms with Gasteiger partial charge in [0.15, 0.2) is 0 Å². The maximum atomic E-state index is 12.0. The Balaban J connectivity index is 1.81. The molecular formula is C14H13NO4S. The topological polar surface area (TPSA) is 75.6 Å². The van der Waals surface area contributed by atoms with E-state index < -0.39 is 5.97 Å². The van der Waals surface area contributed by atoms with Crippen LogP contribution in [0, 0.1) is 5.92 Å². The van der Waals surface area contributed by atoms with E-state index in [0.29, 0.717) is 23.8 Å². The van der Waals surface area contributed by atoms with Gasteiger partial charge in [0.05, 0.1) is 12.5 Å². The summed E-state index contributed by atoms with van der Waals surface area (Å²) in [6.07, 6.45) is 0.746. The second-order valence-electron chi connectivity index (χ2n) is 4.72. The largest absolute Gasteiger partial charge is 0.477 e. The molecule has 0 radical (unpaired) electrons. The fourth-order valence-corrected chi connectivity index (χ4v) is 3.09. The van der Waals surface area contributed by atoms with E-state index in [1.54, 1.807) is 18.2 Å². The van der Waals surface area contributed by atoms with Crippen LogP contribution in [-0.4, -0.2) is 30.2 Å². The molecule has 0 aliphatic carbocycles. The van der Waals surface area contributed by atoms with Crippen molar-refractivity contribution in [3.8, 4) is 0 Å². The highest BCUT2D eigenvalue weighted by molar-refractivity contribution is 7.20. The highest BCUT2D eigenvalue weighted by Crippen LogP contribution is 2.28. The molecule has 1 saturated heterocycles. The van der Waals surface area contributed by atoms with Gasteiger partial charge in [-0.2, -0.15) is 0 Å². The van der Waals surface area contributed by atoms with Crippen molar-refractivity contribution in [1.29, 1.82) is 0 Å². The lowest BCUT2D eigenvalue weighted by molar-refractivity contribution is -0.119. The SMILES string of the molecule is O=C(O)c1cc2cc(NC(=O)C3CCOC3)ccc2s1. The first-order valence-electron chi connectivity index (χ1n) is 6.29. The zero-order valence-electron chi connectivity index (χ0n) is 10.6. The minimum Gasteiger partial charge on any atom is -0.477 e. The molecule has 1 amide bonds. The van der Waals surface area contributed by atoms with Gasteiger partial charge in [-0.1, -0.05) is 0 Å². The molecule has 0 saturated carbocycles. The molecule has 1 unspecified atom stereocenters. The van der Waals surface area contributed by atoms with Crippen LogP contribution in [0.1, 0.15) is 16.1 Å². The van der Waals surface area contributed by atoms with Crippen LogP contribution in [0.4, 0.5) is 5.69 Å². The molecule has 1 aromatic heterocycles. The predicted octanol–water partition coefficient (Wildman–Crippen LogP) is 2.57. The fourth-order valence-electron chi connectivity index (χ4n) is 2.21. The third kappa shape index (κ3) is 2.52. The molecular weight excluding hydrogens is 278 g/mol. The number of fused-ring (bicyclic) bond motifs is 1. The first kappa shape index (κ1) is 13.1. The number of rotatable bonds is 3. The average Bonchev–Trinajstić information content (AvgIpc) is 3.07. The van der Waals surface area contributed by atoms with Gasteiger partial charge in [0, 0.05) is 17.0 Å². The van der Waals surface area contributed by atoms with Crippen molar-refractivity contribution >= 4 is 39.0 Å². The Bertz CT molecular complexity index is 673. The van der Waals surface area contributed by atoms with Gasteiger partial charge in [-0.05, 0) is 36.1 Å². The molecule has 3 rings (SSSR count). The van der Waals surface area contributed by atoms with Gasteiger partial charge in [0.2, 0.25) is 5.91 Å². The van der Waals surface area contributed by atoms with Gasteiger partial charge in [0.25, 0.3) is 0 Å². The van der Waals surface area contributed by atoms with Crippen molar-refractivity contribution in [2.75, 3.05) is 18.5 Å². The number of nitrogens with one attached hydrogen (secondary N) is 1. The van der Waals surface area contributed by atoms with Crippen molar-refractivity contribution in [3.63, 3.8) is 0 Å². The molecule has 1 aliphatic rings. The summed E-state index contributed by atoms with van der Waals surface area (Å²) in [5.41, 5.74) is 0.684. The van der Waals surface area contributed by atoms with Crippen molar-refractivity contribution in [3.05, 3.63) is 29.1 Å². The monoisotopic (exact) mass is 291 g/mol. The predicted molar refractivity (Wildman–Crippen MR) is 76.3 cm³/mol. The minimum atomic E-state index is -0.931. The molecule has 5 nitrogen and oxygen atoms in total. The molecule has 2 heterocycles. The summed E-state index contributed by atoms with van der Waals surface area (Å²) in [6, 6.07) is 7.04. The van der Waals surface area contributed by atoms with E-state index in [2.05, 4.69) is 5.32 Å². The lowest BCUT2D eigenvalue weighted by Gasteiger charge is -2.09. The molecule has 2 N–H and O–H groups in total. The first-order chi connectivity index (χ1) is 9.63. The minimum absolute atomic E-state index is 0.0458. The number of carbonyl (C=O) groups excluding carboxylic acids is 1. The zero-order chi connectivity index (χ0) is 14.1. The van der Waals surface area contributed by atoms with Crippen LogP contribution >= 0.6 is 11.3 Å². The molecule has 104 valence electrons. The van der Waals surface area contributed by atoms with Gasteiger partial charge >= 0.3 is 5.97 Å². The lowest BCUT2D eigenvalue weighted by atomic mass is 10.1. The highest BCUT2D eigenvalue weighted by atomic mass is 32.1.